The maximum atomic E-state index is 7.32. The average Bonchev–Trinajstić information content (AvgIpc) is 3.90. The van der Waals surface area contributed by atoms with Gasteiger partial charge in [-0.25, -0.2) is 0 Å². The SMILES string of the molecule is CC(C)(C)c1ccc(N2B3c4sc5ccc(C(C)(C)C)cc5c4-n4c5cc6c(cc5c5c7oc8ccccc8c7c(c3c54)-c3cc(C(C)(C)C)ccc32)C(C)(C)CCC6(C)C)cc1. The van der Waals surface area contributed by atoms with Crippen LogP contribution in [0.3, 0.4) is 0 Å². The fraction of sp³-hybridized carbons (Fsp3) is 0.345. The van der Waals surface area contributed by atoms with Gasteiger partial charge >= 0.3 is 6.85 Å². The van der Waals surface area contributed by atoms with Crippen LogP contribution in [0.4, 0.5) is 11.4 Å². The number of fused-ring (bicyclic) bond motifs is 16. The van der Waals surface area contributed by atoms with E-state index >= 15 is 0 Å². The molecule has 9 aromatic rings. The number of anilines is 2. The minimum atomic E-state index is -0.0705. The number of rotatable bonds is 1. The zero-order valence-corrected chi connectivity index (χ0v) is 40.3. The second kappa shape index (κ2) is 12.3. The standard InChI is InChI=1S/C58H59BN2OS/c1-54(2,3)32-18-22-35(23-19-32)61-42-24-20-33(55(4,5)6)28-37(42)46-47-36-16-14-15-17-44(36)62-52(47)48-38-30-40-41(58(12,13)27-26-57(40,10)11)31-43(38)60-50-39-29-34(56(7,8)9)21-25-45(39)63-53(50)59(61)49(46)51(48)60/h14-25,28-31H,26-27H2,1-13H3. The van der Waals surface area contributed by atoms with Gasteiger partial charge in [0.2, 0.25) is 0 Å². The highest BCUT2D eigenvalue weighted by molar-refractivity contribution is 7.32. The first kappa shape index (κ1) is 39.3. The number of furan rings is 1. The first-order valence-electron chi connectivity index (χ1n) is 23.3. The van der Waals surface area contributed by atoms with Crippen LogP contribution in [0.5, 0.6) is 0 Å². The van der Waals surface area contributed by atoms with E-state index < -0.39 is 0 Å². The van der Waals surface area contributed by atoms with Gasteiger partial charge in [-0.3, -0.25) is 0 Å². The van der Waals surface area contributed by atoms with Crippen molar-refractivity contribution < 1.29 is 4.42 Å². The third-order valence-corrected chi connectivity index (χ3v) is 16.7. The summed E-state index contributed by atoms with van der Waals surface area (Å²) in [5.74, 6) is 0. The largest absolute Gasteiger partial charge is 0.455 e. The minimum absolute atomic E-state index is 0.00132. The third kappa shape index (κ3) is 5.32. The van der Waals surface area contributed by atoms with Gasteiger partial charge in [0.15, 0.2) is 0 Å². The van der Waals surface area contributed by atoms with Crippen molar-refractivity contribution in [1.29, 1.82) is 0 Å². The highest BCUT2D eigenvalue weighted by atomic mass is 32.1. The van der Waals surface area contributed by atoms with E-state index in [1.807, 2.05) is 11.3 Å². The Labute approximate surface area is 377 Å². The number of aromatic nitrogens is 1. The summed E-state index contributed by atoms with van der Waals surface area (Å²) in [5.41, 5.74) is 19.5. The summed E-state index contributed by atoms with van der Waals surface area (Å²) in [6, 6.07) is 38.2. The lowest BCUT2D eigenvalue weighted by atomic mass is 9.46. The van der Waals surface area contributed by atoms with E-state index in [2.05, 4.69) is 196 Å². The second-order valence-electron chi connectivity index (χ2n) is 23.7. The Hall–Kier alpha value is -5.26. The van der Waals surface area contributed by atoms with Crippen molar-refractivity contribution in [3.05, 3.63) is 125 Å². The monoisotopic (exact) mass is 842 g/mol. The molecule has 0 fully saturated rings. The summed E-state index contributed by atoms with van der Waals surface area (Å²) in [7, 11) is 0. The second-order valence-corrected chi connectivity index (χ2v) is 24.7. The fourth-order valence-electron chi connectivity index (χ4n) is 11.7. The molecule has 3 nitrogen and oxygen atoms in total. The zero-order valence-electron chi connectivity index (χ0n) is 39.4. The summed E-state index contributed by atoms with van der Waals surface area (Å²) in [4.78, 5) is 2.71. The third-order valence-electron chi connectivity index (χ3n) is 15.5. The van der Waals surface area contributed by atoms with Crippen molar-refractivity contribution >= 4 is 93.6 Å². The van der Waals surface area contributed by atoms with Crippen LogP contribution in [0.25, 0.3) is 70.6 Å². The molecule has 3 aromatic heterocycles. The van der Waals surface area contributed by atoms with Crippen molar-refractivity contribution in [2.45, 2.75) is 130 Å². The van der Waals surface area contributed by atoms with Gasteiger partial charge in [-0.2, -0.15) is 0 Å². The summed E-state index contributed by atoms with van der Waals surface area (Å²) in [5, 5.41) is 6.31. The van der Waals surface area contributed by atoms with Gasteiger partial charge in [-0.1, -0.05) is 132 Å². The van der Waals surface area contributed by atoms with Gasteiger partial charge < -0.3 is 13.8 Å². The van der Waals surface area contributed by atoms with Crippen LogP contribution in [0.2, 0.25) is 0 Å². The van der Waals surface area contributed by atoms with Crippen LogP contribution in [0.15, 0.2) is 101 Å². The molecule has 0 amide bonds. The molecule has 0 radical (unpaired) electrons. The molecule has 0 saturated carbocycles. The highest BCUT2D eigenvalue weighted by Crippen LogP contribution is 2.55. The van der Waals surface area contributed by atoms with E-state index in [-0.39, 0.29) is 33.9 Å². The number of thiophene rings is 1. The van der Waals surface area contributed by atoms with Crippen LogP contribution < -0.4 is 15.1 Å². The van der Waals surface area contributed by atoms with E-state index in [1.54, 1.807) is 0 Å². The molecule has 5 heteroatoms. The zero-order chi connectivity index (χ0) is 44.1. The van der Waals surface area contributed by atoms with E-state index in [1.165, 1.54) is 122 Å². The Balaban J connectivity index is 1.35. The van der Waals surface area contributed by atoms with E-state index in [9.17, 15) is 0 Å². The number of para-hydroxylation sites is 1. The van der Waals surface area contributed by atoms with Crippen molar-refractivity contribution in [3.8, 4) is 16.8 Å². The van der Waals surface area contributed by atoms with Gasteiger partial charge in [0.05, 0.1) is 22.1 Å². The Kier molecular flexibility index (Phi) is 7.68. The summed E-state index contributed by atoms with van der Waals surface area (Å²) in [6.45, 7) is 30.8. The summed E-state index contributed by atoms with van der Waals surface area (Å²) in [6.07, 6.45) is 2.33. The van der Waals surface area contributed by atoms with Crippen LogP contribution >= 0.6 is 11.3 Å². The summed E-state index contributed by atoms with van der Waals surface area (Å²) >= 11 is 2.00. The Morgan fingerprint density at radius 1 is 0.619 bits per heavy atom. The lowest BCUT2D eigenvalue weighted by Gasteiger charge is -2.42. The molecular formula is C58H59BN2OS. The quantitative estimate of drug-likeness (QED) is 0.154. The first-order chi connectivity index (χ1) is 29.6. The van der Waals surface area contributed by atoms with Gasteiger partial charge in [-0.15, -0.1) is 11.3 Å². The minimum Gasteiger partial charge on any atom is -0.455 e. The number of hydrogen-bond acceptors (Lipinski definition) is 3. The van der Waals surface area contributed by atoms with Crippen molar-refractivity contribution in [2.24, 2.45) is 0 Å². The molecule has 0 unspecified atom stereocenters. The number of benzene rings is 6. The Bertz CT molecular complexity index is 3460. The van der Waals surface area contributed by atoms with Crippen molar-refractivity contribution in [1.82, 2.24) is 4.57 Å². The molecule has 0 bridgehead atoms. The molecule has 0 N–H and O–H groups in total. The molecule has 0 saturated heterocycles. The predicted molar refractivity (Wildman–Crippen MR) is 274 cm³/mol. The van der Waals surface area contributed by atoms with Crippen LogP contribution in [-0.4, -0.2) is 11.4 Å². The van der Waals surface area contributed by atoms with E-state index in [0.717, 1.165) is 11.2 Å². The molecular weight excluding hydrogens is 784 g/mol. The number of nitrogens with zero attached hydrogens (tertiary/aromatic N) is 2. The average molecular weight is 843 g/mol. The normalized spacial score (nSPS) is 16.7. The molecule has 3 aliphatic rings. The molecule has 6 aromatic carbocycles. The van der Waals surface area contributed by atoms with Gasteiger partial charge in [0.25, 0.3) is 0 Å². The van der Waals surface area contributed by atoms with Gasteiger partial charge in [0, 0.05) is 48.0 Å². The fourth-order valence-corrected chi connectivity index (χ4v) is 12.9. The molecule has 12 rings (SSSR count). The predicted octanol–water partition coefficient (Wildman–Crippen LogP) is 15.4. The molecule has 0 atom stereocenters. The maximum absolute atomic E-state index is 7.32. The topological polar surface area (TPSA) is 21.3 Å². The van der Waals surface area contributed by atoms with Gasteiger partial charge in [0.1, 0.15) is 11.2 Å². The molecule has 316 valence electrons. The molecule has 63 heavy (non-hydrogen) atoms. The van der Waals surface area contributed by atoms with E-state index in [0.29, 0.717) is 0 Å². The lowest BCUT2D eigenvalue weighted by molar-refractivity contribution is 0.332. The van der Waals surface area contributed by atoms with Crippen LogP contribution in [0, 0.1) is 0 Å². The maximum Gasteiger partial charge on any atom is 0.343 e. The molecule has 0 spiro atoms. The van der Waals surface area contributed by atoms with Crippen LogP contribution in [-0.2, 0) is 27.1 Å². The van der Waals surface area contributed by atoms with Crippen LogP contribution in [0.1, 0.15) is 131 Å². The molecule has 1 aliphatic carbocycles. The Morgan fingerprint density at radius 3 is 1.92 bits per heavy atom. The first-order valence-corrected chi connectivity index (χ1v) is 24.1. The van der Waals surface area contributed by atoms with E-state index in [4.69, 9.17) is 4.42 Å². The molecule has 5 heterocycles. The smallest absolute Gasteiger partial charge is 0.343 e. The molecule has 2 aliphatic heterocycles. The lowest BCUT2D eigenvalue weighted by Crippen LogP contribution is -2.59. The summed E-state index contributed by atoms with van der Waals surface area (Å²) < 4.78 is 12.8. The van der Waals surface area contributed by atoms with Gasteiger partial charge in [-0.05, 0) is 133 Å². The highest BCUT2D eigenvalue weighted by Gasteiger charge is 2.48. The van der Waals surface area contributed by atoms with Crippen molar-refractivity contribution in [3.63, 3.8) is 0 Å². The Morgan fingerprint density at radius 2 is 1.24 bits per heavy atom. The van der Waals surface area contributed by atoms with Crippen molar-refractivity contribution in [2.75, 3.05) is 4.81 Å². The number of hydrogen-bond donors (Lipinski definition) is 0.